The van der Waals surface area contributed by atoms with Gasteiger partial charge in [-0.15, -0.1) is 11.3 Å². The van der Waals surface area contributed by atoms with Gasteiger partial charge in [-0.25, -0.2) is 14.8 Å². The van der Waals surface area contributed by atoms with Crippen molar-refractivity contribution in [3.8, 4) is 0 Å². The summed E-state index contributed by atoms with van der Waals surface area (Å²) in [5, 5.41) is 3.02. The summed E-state index contributed by atoms with van der Waals surface area (Å²) < 4.78 is 5.25. The van der Waals surface area contributed by atoms with E-state index in [4.69, 9.17) is 16.3 Å². The minimum atomic E-state index is -1.08. The summed E-state index contributed by atoms with van der Waals surface area (Å²) in [5.74, 6) is -0.800. The number of halogens is 1. The van der Waals surface area contributed by atoms with E-state index in [-0.39, 0.29) is 15.6 Å². The number of thiophene rings is 1. The normalized spacial score (nSPS) is 12.0. The molecule has 1 amide bonds. The van der Waals surface area contributed by atoms with Gasteiger partial charge in [0.2, 0.25) is 0 Å². The summed E-state index contributed by atoms with van der Waals surface area (Å²) in [7, 11) is 0. The fraction of sp³-hybridized carbons (Fsp3) is 0.235. The number of aromatic amines is 1. The average Bonchev–Trinajstić information content (AvgIpc) is 2.93. The van der Waals surface area contributed by atoms with E-state index in [9.17, 15) is 14.4 Å². The van der Waals surface area contributed by atoms with Crippen LogP contribution in [0.4, 0.5) is 5.69 Å². The third-order valence-corrected chi connectivity index (χ3v) is 5.24. The molecule has 3 rings (SSSR count). The van der Waals surface area contributed by atoms with Crippen molar-refractivity contribution in [3.05, 3.63) is 50.1 Å². The number of pyridine rings is 1. The molecule has 10 heteroatoms. The van der Waals surface area contributed by atoms with Crippen LogP contribution in [0, 0.1) is 13.8 Å². The minimum Gasteiger partial charge on any atom is -0.448 e. The van der Waals surface area contributed by atoms with Crippen molar-refractivity contribution in [2.45, 2.75) is 26.9 Å². The highest BCUT2D eigenvalue weighted by molar-refractivity contribution is 7.20. The molecule has 0 aliphatic carbocycles. The summed E-state index contributed by atoms with van der Waals surface area (Å²) in [6.45, 7) is 4.74. The van der Waals surface area contributed by atoms with E-state index in [0.29, 0.717) is 27.3 Å². The molecular formula is C17H15ClN4O4S. The second-order valence-electron chi connectivity index (χ2n) is 5.77. The quantitative estimate of drug-likeness (QED) is 0.508. The Balaban J connectivity index is 1.79. The molecule has 0 unspecified atom stereocenters. The Morgan fingerprint density at radius 3 is 2.81 bits per heavy atom. The molecular weight excluding hydrogens is 392 g/mol. The highest BCUT2D eigenvalue weighted by Gasteiger charge is 2.24. The molecule has 0 bridgehead atoms. The number of fused-ring (bicyclic) bond motifs is 1. The van der Waals surface area contributed by atoms with Gasteiger partial charge in [0.1, 0.15) is 15.5 Å². The molecule has 3 heterocycles. The summed E-state index contributed by atoms with van der Waals surface area (Å²) in [4.78, 5) is 48.2. The monoisotopic (exact) mass is 406 g/mol. The van der Waals surface area contributed by atoms with E-state index in [1.807, 2.05) is 0 Å². The van der Waals surface area contributed by atoms with Crippen LogP contribution >= 0.6 is 22.9 Å². The molecule has 3 aromatic heterocycles. The Bertz CT molecular complexity index is 1110. The van der Waals surface area contributed by atoms with Crippen molar-refractivity contribution in [3.63, 3.8) is 0 Å². The number of hydrogen-bond acceptors (Lipinski definition) is 7. The molecule has 0 aromatic carbocycles. The molecule has 0 aliphatic heterocycles. The maximum atomic E-state index is 12.5. The number of anilines is 1. The van der Waals surface area contributed by atoms with Crippen LogP contribution in [0.25, 0.3) is 10.2 Å². The third-order valence-electron chi connectivity index (χ3n) is 3.77. The molecule has 8 nitrogen and oxygen atoms in total. The van der Waals surface area contributed by atoms with Gasteiger partial charge < -0.3 is 15.0 Å². The first-order valence-corrected chi connectivity index (χ1v) is 9.09. The molecule has 140 valence electrons. The number of hydrogen-bond donors (Lipinski definition) is 2. The Hall–Kier alpha value is -2.78. The van der Waals surface area contributed by atoms with E-state index in [2.05, 4.69) is 20.3 Å². The van der Waals surface area contributed by atoms with Crippen LogP contribution in [0.2, 0.25) is 5.15 Å². The Labute approximate surface area is 162 Å². The van der Waals surface area contributed by atoms with Gasteiger partial charge in [-0.05, 0) is 38.5 Å². The van der Waals surface area contributed by atoms with Crippen LogP contribution < -0.4 is 10.9 Å². The molecule has 27 heavy (non-hydrogen) atoms. The fourth-order valence-electron chi connectivity index (χ4n) is 2.43. The molecule has 0 aliphatic rings. The van der Waals surface area contributed by atoms with E-state index in [1.165, 1.54) is 13.1 Å². The lowest BCUT2D eigenvalue weighted by Gasteiger charge is -2.13. The van der Waals surface area contributed by atoms with Crippen molar-refractivity contribution in [2.75, 3.05) is 5.32 Å². The first-order valence-electron chi connectivity index (χ1n) is 7.90. The SMILES string of the molecule is Cc1nc2sc(C(=O)O[C@H](C)C(=O)Nc3cccnc3Cl)c(C)c2c(=O)[nH]1. The summed E-state index contributed by atoms with van der Waals surface area (Å²) in [5.41, 5.74) is 0.468. The van der Waals surface area contributed by atoms with E-state index in [1.54, 1.807) is 26.0 Å². The average molecular weight is 407 g/mol. The smallest absolute Gasteiger partial charge is 0.349 e. The van der Waals surface area contributed by atoms with E-state index >= 15 is 0 Å². The van der Waals surface area contributed by atoms with Crippen molar-refractivity contribution < 1.29 is 14.3 Å². The van der Waals surface area contributed by atoms with Gasteiger partial charge in [-0.1, -0.05) is 11.6 Å². The van der Waals surface area contributed by atoms with Crippen molar-refractivity contribution >= 4 is 50.7 Å². The largest absolute Gasteiger partial charge is 0.448 e. The number of ether oxygens (including phenoxy) is 1. The lowest BCUT2D eigenvalue weighted by atomic mass is 10.2. The number of rotatable bonds is 4. The van der Waals surface area contributed by atoms with Crippen LogP contribution in [-0.2, 0) is 9.53 Å². The van der Waals surface area contributed by atoms with Gasteiger partial charge in [0.15, 0.2) is 11.3 Å². The van der Waals surface area contributed by atoms with Crippen molar-refractivity contribution in [2.24, 2.45) is 0 Å². The Morgan fingerprint density at radius 1 is 1.37 bits per heavy atom. The van der Waals surface area contributed by atoms with Gasteiger partial charge in [-0.3, -0.25) is 9.59 Å². The topological polar surface area (TPSA) is 114 Å². The first kappa shape index (κ1) is 19.0. The molecule has 1 atom stereocenters. The van der Waals surface area contributed by atoms with Gasteiger partial charge in [-0.2, -0.15) is 0 Å². The lowest BCUT2D eigenvalue weighted by Crippen LogP contribution is -2.30. The number of H-pyrrole nitrogens is 1. The summed E-state index contributed by atoms with van der Waals surface area (Å²) in [6.07, 6.45) is 0.412. The van der Waals surface area contributed by atoms with Crippen molar-refractivity contribution in [1.29, 1.82) is 0 Å². The maximum absolute atomic E-state index is 12.5. The molecule has 0 spiro atoms. The predicted octanol–water partition coefficient (Wildman–Crippen LogP) is 2.83. The second-order valence-corrected chi connectivity index (χ2v) is 7.12. The van der Waals surface area contributed by atoms with Crippen LogP contribution in [0.3, 0.4) is 0 Å². The number of amides is 1. The predicted molar refractivity (Wildman–Crippen MR) is 102 cm³/mol. The molecule has 0 saturated carbocycles. The highest BCUT2D eigenvalue weighted by Crippen LogP contribution is 2.28. The summed E-state index contributed by atoms with van der Waals surface area (Å²) >= 11 is 6.95. The van der Waals surface area contributed by atoms with Gasteiger partial charge in [0.05, 0.1) is 11.1 Å². The highest BCUT2D eigenvalue weighted by atomic mass is 35.5. The van der Waals surface area contributed by atoms with Crippen LogP contribution in [0.1, 0.15) is 28.0 Å². The Morgan fingerprint density at radius 2 is 2.11 bits per heavy atom. The van der Waals surface area contributed by atoms with Crippen LogP contribution in [-0.4, -0.2) is 32.9 Å². The fourth-order valence-corrected chi connectivity index (χ4v) is 3.70. The lowest BCUT2D eigenvalue weighted by molar-refractivity contribution is -0.123. The molecule has 2 N–H and O–H groups in total. The molecule has 0 radical (unpaired) electrons. The van der Waals surface area contributed by atoms with Crippen LogP contribution in [0.15, 0.2) is 23.1 Å². The number of carbonyl (C=O) groups is 2. The number of nitrogens with zero attached hydrogens (tertiary/aromatic N) is 2. The zero-order valence-electron chi connectivity index (χ0n) is 14.6. The minimum absolute atomic E-state index is 0.130. The Kier molecular flexibility index (Phi) is 5.24. The van der Waals surface area contributed by atoms with E-state index in [0.717, 1.165) is 11.3 Å². The third kappa shape index (κ3) is 3.83. The van der Waals surface area contributed by atoms with E-state index < -0.39 is 18.0 Å². The first-order chi connectivity index (χ1) is 12.8. The van der Waals surface area contributed by atoms with Gasteiger partial charge in [0, 0.05) is 6.20 Å². The summed E-state index contributed by atoms with van der Waals surface area (Å²) in [6, 6.07) is 3.20. The maximum Gasteiger partial charge on any atom is 0.349 e. The van der Waals surface area contributed by atoms with Gasteiger partial charge in [0.25, 0.3) is 11.5 Å². The number of nitrogens with one attached hydrogen (secondary N) is 2. The standard InChI is InChI=1S/C17H15ClN4O4S/c1-7-11-15(24)20-9(3)21-16(11)27-12(7)17(25)26-8(2)14(23)22-10-5-4-6-19-13(10)18/h4-6,8H,1-3H3,(H,22,23)(H,20,21,24)/t8-/m1/s1. The zero-order chi connectivity index (χ0) is 19.7. The zero-order valence-corrected chi connectivity index (χ0v) is 16.2. The molecule has 0 fully saturated rings. The number of esters is 1. The van der Waals surface area contributed by atoms with Crippen LogP contribution in [0.5, 0.6) is 0 Å². The number of carbonyl (C=O) groups excluding carboxylic acids is 2. The number of aromatic nitrogens is 3. The number of aryl methyl sites for hydroxylation is 2. The molecule has 0 saturated heterocycles. The van der Waals surface area contributed by atoms with Gasteiger partial charge >= 0.3 is 5.97 Å². The second kappa shape index (κ2) is 7.45. The molecule has 3 aromatic rings. The van der Waals surface area contributed by atoms with Crippen molar-refractivity contribution in [1.82, 2.24) is 15.0 Å².